The molecule has 2 aromatic heterocycles. The lowest BCUT2D eigenvalue weighted by atomic mass is 10.0. The number of imidazole rings is 1. The van der Waals surface area contributed by atoms with Crippen molar-refractivity contribution in [2.45, 2.75) is 44.0 Å². The Morgan fingerprint density at radius 3 is 2.74 bits per heavy atom. The highest BCUT2D eigenvalue weighted by Crippen LogP contribution is 2.29. The van der Waals surface area contributed by atoms with Gasteiger partial charge in [0, 0.05) is 32.0 Å². The van der Waals surface area contributed by atoms with Crippen molar-refractivity contribution in [3.05, 3.63) is 47.9 Å². The Balaban J connectivity index is 1.80. The Bertz CT molecular complexity index is 1050. The van der Waals surface area contributed by atoms with Gasteiger partial charge in [-0.2, -0.15) is 4.31 Å². The van der Waals surface area contributed by atoms with Crippen LogP contribution < -0.4 is 0 Å². The lowest BCUT2D eigenvalue weighted by Crippen LogP contribution is -2.34. The molecule has 0 saturated carbocycles. The monoisotopic (exact) mass is 388 g/mol. The van der Waals surface area contributed by atoms with Gasteiger partial charge in [-0.25, -0.2) is 13.4 Å². The fourth-order valence-corrected chi connectivity index (χ4v) is 5.60. The lowest BCUT2D eigenvalue weighted by molar-refractivity contribution is 0.0868. The molecular weight excluding hydrogens is 364 g/mol. The van der Waals surface area contributed by atoms with E-state index in [1.165, 1.54) is 6.20 Å². The molecule has 0 spiro atoms. The first-order valence-corrected chi connectivity index (χ1v) is 10.5. The molecule has 1 saturated heterocycles. The molecule has 2 aliphatic rings. The fourth-order valence-electron chi connectivity index (χ4n) is 3.83. The quantitative estimate of drug-likeness (QED) is 0.871. The molecule has 144 valence electrons. The molecule has 2 atom stereocenters. The van der Waals surface area contributed by atoms with Gasteiger partial charge in [-0.15, -0.1) is 0 Å². The number of aliphatic hydroxyl groups excluding tert-OH is 1. The van der Waals surface area contributed by atoms with E-state index in [1.54, 1.807) is 19.8 Å². The summed E-state index contributed by atoms with van der Waals surface area (Å²) in [5, 5.41) is 10.3. The van der Waals surface area contributed by atoms with Crippen LogP contribution >= 0.6 is 0 Å². The van der Waals surface area contributed by atoms with Crippen LogP contribution in [0.2, 0.25) is 0 Å². The molecule has 0 amide bonds. The van der Waals surface area contributed by atoms with Crippen LogP contribution in [0.3, 0.4) is 0 Å². The molecule has 0 aliphatic carbocycles. The molecule has 7 nitrogen and oxygen atoms in total. The average Bonchev–Trinajstić information content (AvgIpc) is 3.25. The molecule has 27 heavy (non-hydrogen) atoms. The zero-order chi connectivity index (χ0) is 19.3. The molecule has 1 unspecified atom stereocenters. The van der Waals surface area contributed by atoms with Gasteiger partial charge in [-0.1, -0.05) is 0 Å². The molecule has 8 heteroatoms. The zero-order valence-electron chi connectivity index (χ0n) is 15.7. The second-order valence-electron chi connectivity index (χ2n) is 7.36. The van der Waals surface area contributed by atoms with Gasteiger partial charge in [0.25, 0.3) is 10.0 Å². The molecule has 0 aromatic carbocycles. The van der Waals surface area contributed by atoms with E-state index in [2.05, 4.69) is 4.98 Å². The molecule has 2 aliphatic heterocycles. The van der Waals surface area contributed by atoms with E-state index in [9.17, 15) is 13.5 Å². The third kappa shape index (κ3) is 2.97. The third-order valence-electron chi connectivity index (χ3n) is 5.39. The maximum atomic E-state index is 13.2. The van der Waals surface area contributed by atoms with Gasteiger partial charge in [-0.05, 0) is 61.6 Å². The van der Waals surface area contributed by atoms with Gasteiger partial charge in [0.05, 0.1) is 6.20 Å². The van der Waals surface area contributed by atoms with E-state index in [-0.39, 0.29) is 11.1 Å². The van der Waals surface area contributed by atoms with Crippen LogP contribution in [0.4, 0.5) is 0 Å². The zero-order valence-corrected chi connectivity index (χ0v) is 16.5. The number of aromatic nitrogens is 2. The molecule has 4 rings (SSSR count). The highest BCUT2D eigenvalue weighted by molar-refractivity contribution is 7.89. The fraction of sp³-hybridized carbons (Fsp3) is 0.421. The van der Waals surface area contributed by atoms with Crippen LogP contribution in [-0.2, 0) is 10.0 Å². The SMILES string of the molecule is CC1=CC(c2ccc3ncc(S(=O)(=O)N4CCC[C@H]4C)n3c2)=CN(C)C1O. The van der Waals surface area contributed by atoms with Crippen molar-refractivity contribution >= 4 is 21.2 Å². The molecular formula is C19H24N4O3S. The summed E-state index contributed by atoms with van der Waals surface area (Å²) in [4.78, 5) is 6.01. The van der Waals surface area contributed by atoms with Crippen LogP contribution in [-0.4, -0.2) is 58.0 Å². The number of rotatable bonds is 3. The van der Waals surface area contributed by atoms with Crippen molar-refractivity contribution in [2.75, 3.05) is 13.6 Å². The highest BCUT2D eigenvalue weighted by atomic mass is 32.2. The van der Waals surface area contributed by atoms with Crippen molar-refractivity contribution in [3.8, 4) is 0 Å². The Hall–Kier alpha value is -2.16. The standard InChI is InChI=1S/C19H24N4O3S/c1-13-9-16(11-21(3)19(13)24)15-6-7-17-20-10-18(22(17)12-15)27(25,26)23-8-4-5-14(23)2/h6-7,9-12,14,19,24H,4-5,8H2,1-3H3/t14-,19?/m1/s1. The second-order valence-corrected chi connectivity index (χ2v) is 9.20. The maximum absolute atomic E-state index is 13.2. The number of hydrogen-bond donors (Lipinski definition) is 1. The summed E-state index contributed by atoms with van der Waals surface area (Å²) >= 11 is 0. The summed E-state index contributed by atoms with van der Waals surface area (Å²) < 4.78 is 29.5. The van der Waals surface area contributed by atoms with Crippen LogP contribution in [0.1, 0.15) is 32.3 Å². The first-order chi connectivity index (χ1) is 12.8. The maximum Gasteiger partial charge on any atom is 0.260 e. The summed E-state index contributed by atoms with van der Waals surface area (Å²) in [5.74, 6) is 0. The lowest BCUT2D eigenvalue weighted by Gasteiger charge is -2.28. The minimum atomic E-state index is -3.60. The average molecular weight is 388 g/mol. The first-order valence-electron chi connectivity index (χ1n) is 9.08. The number of pyridine rings is 1. The number of aliphatic hydroxyl groups is 1. The number of sulfonamides is 1. The van der Waals surface area contributed by atoms with Gasteiger partial charge in [-0.3, -0.25) is 4.40 Å². The molecule has 1 fully saturated rings. The molecule has 2 aromatic rings. The van der Waals surface area contributed by atoms with Crippen LogP contribution in [0.5, 0.6) is 0 Å². The molecule has 4 heterocycles. The number of fused-ring (bicyclic) bond motifs is 1. The number of likely N-dealkylation sites (N-methyl/N-ethyl adjacent to an activating group) is 1. The van der Waals surface area contributed by atoms with E-state index in [0.717, 1.165) is 29.6 Å². The summed E-state index contributed by atoms with van der Waals surface area (Å²) in [6, 6.07) is 3.74. The Kier molecular flexibility index (Phi) is 4.37. The number of hydrogen-bond acceptors (Lipinski definition) is 5. The van der Waals surface area contributed by atoms with Gasteiger partial charge in [0.2, 0.25) is 0 Å². The normalized spacial score (nSPS) is 24.4. The van der Waals surface area contributed by atoms with Crippen LogP contribution in [0, 0.1) is 0 Å². The Labute approximate surface area is 159 Å². The van der Waals surface area contributed by atoms with Crippen molar-refractivity contribution in [2.24, 2.45) is 0 Å². The van der Waals surface area contributed by atoms with Crippen molar-refractivity contribution < 1.29 is 13.5 Å². The summed E-state index contributed by atoms with van der Waals surface area (Å²) in [5.41, 5.74) is 3.20. The number of allylic oxidation sites excluding steroid dienone is 2. The van der Waals surface area contributed by atoms with E-state index in [4.69, 9.17) is 0 Å². The van der Waals surface area contributed by atoms with Gasteiger partial charge in [0.15, 0.2) is 5.03 Å². The van der Waals surface area contributed by atoms with Crippen LogP contribution in [0.15, 0.2) is 47.4 Å². The molecule has 0 bridgehead atoms. The molecule has 0 radical (unpaired) electrons. The van der Waals surface area contributed by atoms with Crippen molar-refractivity contribution in [1.82, 2.24) is 18.6 Å². The minimum Gasteiger partial charge on any atom is -0.370 e. The number of nitrogens with zero attached hydrogens (tertiary/aromatic N) is 4. The van der Waals surface area contributed by atoms with E-state index >= 15 is 0 Å². The topological polar surface area (TPSA) is 78.2 Å². The van der Waals surface area contributed by atoms with E-state index in [1.807, 2.05) is 45.3 Å². The Morgan fingerprint density at radius 1 is 1.30 bits per heavy atom. The Morgan fingerprint density at radius 2 is 2.07 bits per heavy atom. The van der Waals surface area contributed by atoms with Crippen molar-refractivity contribution in [1.29, 1.82) is 0 Å². The predicted molar refractivity (Wildman–Crippen MR) is 103 cm³/mol. The predicted octanol–water partition coefficient (Wildman–Crippen LogP) is 2.06. The largest absolute Gasteiger partial charge is 0.370 e. The van der Waals surface area contributed by atoms with Crippen molar-refractivity contribution in [3.63, 3.8) is 0 Å². The van der Waals surface area contributed by atoms with Gasteiger partial charge < -0.3 is 10.0 Å². The molecule has 1 N–H and O–H groups in total. The first kappa shape index (κ1) is 18.2. The summed E-state index contributed by atoms with van der Waals surface area (Å²) in [6.45, 7) is 4.36. The summed E-state index contributed by atoms with van der Waals surface area (Å²) in [7, 11) is -1.79. The van der Waals surface area contributed by atoms with E-state index in [0.29, 0.717) is 12.2 Å². The smallest absolute Gasteiger partial charge is 0.260 e. The summed E-state index contributed by atoms with van der Waals surface area (Å²) in [6.07, 6.45) is 8.13. The third-order valence-corrected chi connectivity index (χ3v) is 7.38. The second kappa shape index (κ2) is 6.47. The van der Waals surface area contributed by atoms with Gasteiger partial charge >= 0.3 is 0 Å². The van der Waals surface area contributed by atoms with E-state index < -0.39 is 16.3 Å². The minimum absolute atomic E-state index is 0.00510. The highest BCUT2D eigenvalue weighted by Gasteiger charge is 2.34. The van der Waals surface area contributed by atoms with Crippen LogP contribution in [0.25, 0.3) is 11.2 Å². The van der Waals surface area contributed by atoms with Gasteiger partial charge in [0.1, 0.15) is 11.9 Å².